The molecule has 0 aliphatic carbocycles. The third-order valence-corrected chi connectivity index (χ3v) is 3.50. The normalized spacial score (nSPS) is 11.0. The highest BCUT2D eigenvalue weighted by molar-refractivity contribution is 7.15. The van der Waals surface area contributed by atoms with Crippen LogP contribution in [0, 0.1) is 0 Å². The van der Waals surface area contributed by atoms with E-state index in [1.54, 1.807) is 33.7 Å². The van der Waals surface area contributed by atoms with Crippen molar-refractivity contribution >= 4 is 22.0 Å². The zero-order valence-corrected chi connectivity index (χ0v) is 11.1. The number of hydrogen-bond acceptors (Lipinski definition) is 6. The van der Waals surface area contributed by atoms with Gasteiger partial charge in [0.15, 0.2) is 0 Å². The summed E-state index contributed by atoms with van der Waals surface area (Å²) in [6.45, 7) is 3.22. The lowest BCUT2D eigenvalue weighted by atomic mass is 10.5. The van der Waals surface area contributed by atoms with Crippen molar-refractivity contribution in [3.63, 3.8) is 0 Å². The number of anilines is 1. The molecule has 3 aromatic rings. The highest BCUT2D eigenvalue weighted by Gasteiger charge is 2.07. The predicted octanol–water partition coefficient (Wildman–Crippen LogP) is 0.828. The highest BCUT2D eigenvalue weighted by Crippen LogP contribution is 2.15. The minimum absolute atomic E-state index is 0.0831. The van der Waals surface area contributed by atoms with Gasteiger partial charge in [-0.1, -0.05) is 11.3 Å². The number of hydrogen-bond donors (Lipinski definition) is 1. The molecule has 1 N–H and O–H groups in total. The zero-order valence-electron chi connectivity index (χ0n) is 10.3. The third kappa shape index (κ3) is 2.22. The third-order valence-electron chi connectivity index (χ3n) is 2.64. The van der Waals surface area contributed by atoms with Gasteiger partial charge in [-0.05, 0) is 13.0 Å². The van der Waals surface area contributed by atoms with Crippen molar-refractivity contribution in [3.05, 3.63) is 40.0 Å². The van der Waals surface area contributed by atoms with E-state index in [2.05, 4.69) is 20.6 Å². The Morgan fingerprint density at radius 2 is 2.26 bits per heavy atom. The number of rotatable bonds is 4. The molecule has 98 valence electrons. The van der Waals surface area contributed by atoms with Gasteiger partial charge in [-0.2, -0.15) is 5.10 Å². The largest absolute Gasteiger partial charge is 0.360 e. The summed E-state index contributed by atoms with van der Waals surface area (Å²) in [6, 6.07) is 1.70. The van der Waals surface area contributed by atoms with Crippen LogP contribution in [0.1, 0.15) is 11.9 Å². The van der Waals surface area contributed by atoms with Crippen LogP contribution in [0.2, 0.25) is 0 Å². The summed E-state index contributed by atoms with van der Waals surface area (Å²) in [5, 5.41) is 16.8. The van der Waals surface area contributed by atoms with Gasteiger partial charge in [0, 0.05) is 18.9 Å². The van der Waals surface area contributed by atoms with E-state index < -0.39 is 0 Å². The van der Waals surface area contributed by atoms with Crippen LogP contribution in [0.15, 0.2) is 29.5 Å². The van der Waals surface area contributed by atoms with E-state index in [9.17, 15) is 4.79 Å². The van der Waals surface area contributed by atoms with E-state index in [4.69, 9.17) is 0 Å². The summed E-state index contributed by atoms with van der Waals surface area (Å²) in [6.07, 6.45) is 5.06. The van der Waals surface area contributed by atoms with Gasteiger partial charge in [0.05, 0.1) is 12.7 Å². The van der Waals surface area contributed by atoms with Crippen molar-refractivity contribution in [1.29, 1.82) is 0 Å². The molecule has 0 radical (unpaired) electrons. The maximum atomic E-state index is 12.2. The molecular formula is C11H12N6OS. The fourth-order valence-electron chi connectivity index (χ4n) is 1.77. The second-order valence-corrected chi connectivity index (χ2v) is 4.99. The number of nitrogens with one attached hydrogen (secondary N) is 1. The number of nitrogens with zero attached hydrogens (tertiary/aromatic N) is 5. The fourth-order valence-corrected chi connectivity index (χ4v) is 2.58. The molecule has 8 heteroatoms. The molecule has 3 aromatic heterocycles. The van der Waals surface area contributed by atoms with Crippen molar-refractivity contribution in [3.8, 4) is 0 Å². The van der Waals surface area contributed by atoms with Crippen LogP contribution in [0.25, 0.3) is 5.52 Å². The van der Waals surface area contributed by atoms with Crippen LogP contribution in [0.4, 0.5) is 5.13 Å². The van der Waals surface area contributed by atoms with Gasteiger partial charge in [-0.25, -0.2) is 4.52 Å². The van der Waals surface area contributed by atoms with Crippen LogP contribution in [-0.2, 0) is 6.54 Å². The lowest BCUT2D eigenvalue weighted by molar-refractivity contribution is 0.730. The van der Waals surface area contributed by atoms with E-state index in [0.717, 1.165) is 16.7 Å². The quantitative estimate of drug-likeness (QED) is 0.763. The van der Waals surface area contributed by atoms with Gasteiger partial charge < -0.3 is 9.88 Å². The topological polar surface area (TPSA) is 77.1 Å². The Labute approximate surface area is 112 Å². The Balaban J connectivity index is 1.91. The second kappa shape index (κ2) is 4.81. The van der Waals surface area contributed by atoms with E-state index >= 15 is 0 Å². The Kier molecular flexibility index (Phi) is 3.00. The molecule has 3 rings (SSSR count). The summed E-state index contributed by atoms with van der Waals surface area (Å²) in [5.74, 6) is 0. The minimum Gasteiger partial charge on any atom is -0.360 e. The molecule has 0 amide bonds. The lowest BCUT2D eigenvalue weighted by Gasteiger charge is -2.02. The molecule has 0 fully saturated rings. The predicted molar refractivity (Wildman–Crippen MR) is 72.6 cm³/mol. The molecule has 0 aromatic carbocycles. The molecule has 0 atom stereocenters. The van der Waals surface area contributed by atoms with Crippen LogP contribution >= 0.6 is 11.3 Å². The van der Waals surface area contributed by atoms with Gasteiger partial charge in [0.2, 0.25) is 5.13 Å². The van der Waals surface area contributed by atoms with Gasteiger partial charge in [0.25, 0.3) is 5.56 Å². The van der Waals surface area contributed by atoms with Crippen molar-refractivity contribution < 1.29 is 0 Å². The van der Waals surface area contributed by atoms with Gasteiger partial charge in [-0.3, -0.25) is 4.79 Å². The molecule has 19 heavy (non-hydrogen) atoms. The Morgan fingerprint density at radius 3 is 3.11 bits per heavy atom. The highest BCUT2D eigenvalue weighted by atomic mass is 32.1. The molecule has 0 saturated carbocycles. The van der Waals surface area contributed by atoms with Crippen molar-refractivity contribution in [2.75, 3.05) is 11.9 Å². The average molecular weight is 276 g/mol. The molecule has 0 bridgehead atoms. The zero-order chi connectivity index (χ0) is 13.2. The molecule has 0 aliphatic heterocycles. The van der Waals surface area contributed by atoms with E-state index in [1.165, 1.54) is 11.3 Å². The molecule has 0 saturated heterocycles. The number of fused-ring (bicyclic) bond motifs is 1. The summed E-state index contributed by atoms with van der Waals surface area (Å²) in [4.78, 5) is 12.2. The summed E-state index contributed by atoms with van der Waals surface area (Å²) >= 11 is 1.45. The van der Waals surface area contributed by atoms with Gasteiger partial charge in [-0.15, -0.1) is 10.2 Å². The fraction of sp³-hybridized carbons (Fsp3) is 0.273. The standard InChI is InChI=1S/C11H12N6OS/c1-2-12-11-15-14-9(19-11)7-16-5-6-17-8(10(16)18)3-4-13-17/h3-6H,2,7H2,1H3,(H,12,15). The van der Waals surface area contributed by atoms with Crippen molar-refractivity contribution in [2.45, 2.75) is 13.5 Å². The smallest absolute Gasteiger partial charge is 0.276 e. The molecule has 0 spiro atoms. The Hall–Kier alpha value is -2.22. The first-order chi connectivity index (χ1) is 9.28. The van der Waals surface area contributed by atoms with Crippen molar-refractivity contribution in [1.82, 2.24) is 24.4 Å². The SMILES string of the molecule is CCNc1nnc(Cn2ccn3nccc3c2=O)s1. The maximum Gasteiger partial charge on any atom is 0.276 e. The Bertz CT molecular complexity index is 758. The lowest BCUT2D eigenvalue weighted by Crippen LogP contribution is -2.21. The first-order valence-electron chi connectivity index (χ1n) is 5.87. The van der Waals surface area contributed by atoms with Gasteiger partial charge >= 0.3 is 0 Å². The van der Waals surface area contributed by atoms with Crippen LogP contribution < -0.4 is 10.9 Å². The van der Waals surface area contributed by atoms with E-state index in [0.29, 0.717) is 12.1 Å². The molecule has 7 nitrogen and oxygen atoms in total. The molecular weight excluding hydrogens is 264 g/mol. The van der Waals surface area contributed by atoms with Crippen molar-refractivity contribution in [2.24, 2.45) is 0 Å². The molecule has 0 aliphatic rings. The molecule has 3 heterocycles. The number of aromatic nitrogens is 5. The maximum absolute atomic E-state index is 12.2. The van der Waals surface area contributed by atoms with Crippen LogP contribution in [0.5, 0.6) is 0 Å². The minimum atomic E-state index is -0.0831. The average Bonchev–Trinajstić information content (AvgIpc) is 3.03. The Morgan fingerprint density at radius 1 is 1.37 bits per heavy atom. The summed E-state index contributed by atoms with van der Waals surface area (Å²) < 4.78 is 3.16. The first-order valence-corrected chi connectivity index (χ1v) is 6.68. The first kappa shape index (κ1) is 11.8. The van der Waals surface area contributed by atoms with Crippen LogP contribution in [0.3, 0.4) is 0 Å². The monoisotopic (exact) mass is 276 g/mol. The second-order valence-electron chi connectivity index (χ2n) is 3.92. The molecule has 0 unspecified atom stereocenters. The summed E-state index contributed by atoms with van der Waals surface area (Å²) in [5.41, 5.74) is 0.471. The van der Waals surface area contributed by atoms with E-state index in [-0.39, 0.29) is 5.56 Å². The van der Waals surface area contributed by atoms with Gasteiger partial charge in [0.1, 0.15) is 10.5 Å². The van der Waals surface area contributed by atoms with E-state index in [1.807, 2.05) is 6.92 Å². The van der Waals surface area contributed by atoms with Crippen LogP contribution in [-0.4, -0.2) is 30.9 Å². The summed E-state index contributed by atoms with van der Waals surface area (Å²) in [7, 11) is 0.